The first-order valence-corrected chi connectivity index (χ1v) is 10.2. The van der Waals surface area contributed by atoms with Crippen molar-refractivity contribution in [2.75, 3.05) is 12.3 Å². The summed E-state index contributed by atoms with van der Waals surface area (Å²) in [7, 11) is 0. The molecule has 3 N–H and O–H groups in total. The summed E-state index contributed by atoms with van der Waals surface area (Å²) in [5.41, 5.74) is 5.26. The Bertz CT molecular complexity index is 875. The van der Waals surface area contributed by atoms with E-state index in [1.54, 1.807) is 28.0 Å². The Morgan fingerprint density at radius 1 is 1.30 bits per heavy atom. The zero-order valence-electron chi connectivity index (χ0n) is 14.5. The maximum Gasteiger partial charge on any atom is 0.230 e. The minimum atomic E-state index is -0.420. The monoisotopic (exact) mass is 405 g/mol. The van der Waals surface area contributed by atoms with Crippen molar-refractivity contribution in [1.29, 1.82) is 0 Å². The maximum atomic E-state index is 12.1. The van der Waals surface area contributed by atoms with Gasteiger partial charge in [-0.3, -0.25) is 14.2 Å². The number of thiophene rings is 1. The second-order valence-electron chi connectivity index (χ2n) is 5.62. The minimum Gasteiger partial charge on any atom is -0.461 e. The van der Waals surface area contributed by atoms with Gasteiger partial charge in [0.05, 0.1) is 12.0 Å². The molecule has 0 aliphatic rings. The molecule has 8 nitrogen and oxygen atoms in total. The third-order valence-electron chi connectivity index (χ3n) is 3.65. The number of nitrogens with zero attached hydrogens (tertiary/aromatic N) is 3. The number of nitrogens with one attached hydrogen (secondary N) is 1. The molecular weight excluding hydrogens is 386 g/mol. The van der Waals surface area contributed by atoms with Crippen LogP contribution in [-0.4, -0.2) is 38.9 Å². The van der Waals surface area contributed by atoms with E-state index in [-0.39, 0.29) is 18.1 Å². The first-order valence-electron chi connectivity index (χ1n) is 8.30. The van der Waals surface area contributed by atoms with Gasteiger partial charge in [0.25, 0.3) is 0 Å². The number of rotatable bonds is 10. The number of aromatic nitrogens is 3. The fourth-order valence-electron chi connectivity index (χ4n) is 2.37. The van der Waals surface area contributed by atoms with Crippen molar-refractivity contribution < 1.29 is 14.0 Å². The molecule has 0 fully saturated rings. The van der Waals surface area contributed by atoms with Crippen molar-refractivity contribution in [3.8, 4) is 11.6 Å². The first kappa shape index (κ1) is 19.2. The van der Waals surface area contributed by atoms with Crippen LogP contribution in [0.2, 0.25) is 0 Å². The third kappa shape index (κ3) is 5.44. The molecule has 3 heterocycles. The van der Waals surface area contributed by atoms with Gasteiger partial charge in [0.1, 0.15) is 0 Å². The lowest BCUT2D eigenvalue weighted by molar-refractivity contribution is -0.119. The Morgan fingerprint density at radius 2 is 2.19 bits per heavy atom. The number of nitrogens with two attached hydrogens (primary N) is 1. The Hall–Kier alpha value is -2.59. The highest BCUT2D eigenvalue weighted by atomic mass is 32.2. The van der Waals surface area contributed by atoms with Crippen molar-refractivity contribution in [3.05, 3.63) is 40.8 Å². The third-order valence-corrected chi connectivity index (χ3v) is 5.55. The SMILES string of the molecule is NC(=O)CCn1c(SCC(=O)NCCc2cccs2)nnc1-c1ccco1. The second-order valence-corrected chi connectivity index (χ2v) is 7.59. The molecule has 0 spiro atoms. The van der Waals surface area contributed by atoms with Gasteiger partial charge in [-0.2, -0.15) is 0 Å². The molecule has 0 radical (unpaired) electrons. The van der Waals surface area contributed by atoms with Gasteiger partial charge in [0.15, 0.2) is 16.7 Å². The van der Waals surface area contributed by atoms with Crippen LogP contribution in [0.4, 0.5) is 0 Å². The normalized spacial score (nSPS) is 10.8. The summed E-state index contributed by atoms with van der Waals surface area (Å²) in [6, 6.07) is 7.54. The predicted molar refractivity (Wildman–Crippen MR) is 103 cm³/mol. The number of amides is 2. The number of carbonyl (C=O) groups is 2. The quantitative estimate of drug-likeness (QED) is 0.498. The average molecular weight is 406 g/mol. The molecular formula is C17H19N5O3S2. The van der Waals surface area contributed by atoms with Crippen molar-refractivity contribution in [3.63, 3.8) is 0 Å². The highest BCUT2D eigenvalue weighted by molar-refractivity contribution is 7.99. The van der Waals surface area contributed by atoms with E-state index in [4.69, 9.17) is 10.2 Å². The molecule has 0 saturated carbocycles. The van der Waals surface area contributed by atoms with E-state index >= 15 is 0 Å². The van der Waals surface area contributed by atoms with E-state index in [1.807, 2.05) is 17.5 Å². The highest BCUT2D eigenvalue weighted by Crippen LogP contribution is 2.24. The average Bonchev–Trinajstić information content (AvgIpc) is 3.38. The summed E-state index contributed by atoms with van der Waals surface area (Å²) in [5, 5.41) is 13.7. The van der Waals surface area contributed by atoms with E-state index in [0.717, 1.165) is 6.42 Å². The van der Waals surface area contributed by atoms with Crippen LogP contribution in [0.15, 0.2) is 45.5 Å². The molecule has 10 heteroatoms. The molecule has 0 aromatic carbocycles. The predicted octanol–water partition coefficient (Wildman–Crippen LogP) is 1.93. The summed E-state index contributed by atoms with van der Waals surface area (Å²) in [6.45, 7) is 0.909. The smallest absolute Gasteiger partial charge is 0.230 e. The van der Waals surface area contributed by atoms with Gasteiger partial charge < -0.3 is 15.5 Å². The van der Waals surface area contributed by atoms with E-state index in [1.165, 1.54) is 22.9 Å². The van der Waals surface area contributed by atoms with Gasteiger partial charge >= 0.3 is 0 Å². The Balaban J connectivity index is 1.58. The van der Waals surface area contributed by atoms with E-state index in [0.29, 0.717) is 29.8 Å². The number of furan rings is 1. The van der Waals surface area contributed by atoms with Gasteiger partial charge in [-0.25, -0.2) is 0 Å². The summed E-state index contributed by atoms with van der Waals surface area (Å²) in [4.78, 5) is 24.5. The van der Waals surface area contributed by atoms with Gasteiger partial charge in [-0.1, -0.05) is 17.8 Å². The lowest BCUT2D eigenvalue weighted by atomic mass is 10.3. The second kappa shape index (κ2) is 9.38. The number of primary amides is 1. The minimum absolute atomic E-state index is 0.0828. The highest BCUT2D eigenvalue weighted by Gasteiger charge is 2.17. The van der Waals surface area contributed by atoms with Crippen LogP contribution in [0.25, 0.3) is 11.6 Å². The molecule has 0 bridgehead atoms. The van der Waals surface area contributed by atoms with Crippen molar-refractivity contribution in [1.82, 2.24) is 20.1 Å². The topological polar surface area (TPSA) is 116 Å². The van der Waals surface area contributed by atoms with Crippen LogP contribution in [0.3, 0.4) is 0 Å². The lowest BCUT2D eigenvalue weighted by Crippen LogP contribution is -2.27. The summed E-state index contributed by atoms with van der Waals surface area (Å²) < 4.78 is 7.11. The first-order chi connectivity index (χ1) is 13.1. The number of carbonyl (C=O) groups excluding carboxylic acids is 2. The number of hydrogen-bond donors (Lipinski definition) is 2. The van der Waals surface area contributed by atoms with Crippen LogP contribution in [0.1, 0.15) is 11.3 Å². The van der Waals surface area contributed by atoms with Crippen molar-refractivity contribution >= 4 is 34.9 Å². The molecule has 0 atom stereocenters. The fourth-order valence-corrected chi connectivity index (χ4v) is 3.87. The molecule has 27 heavy (non-hydrogen) atoms. The number of thioether (sulfide) groups is 1. The standard InChI is InChI=1S/C17H19N5O3S2/c18-14(23)6-8-22-16(13-4-1-9-25-13)20-21-17(22)27-11-15(24)19-7-5-12-3-2-10-26-12/h1-4,9-10H,5-8,11H2,(H2,18,23)(H,19,24). The van der Waals surface area contributed by atoms with E-state index < -0.39 is 5.91 Å². The van der Waals surface area contributed by atoms with Gasteiger partial charge in [-0.15, -0.1) is 21.5 Å². The molecule has 3 rings (SSSR count). The Labute approximate surface area is 164 Å². The van der Waals surface area contributed by atoms with Crippen LogP contribution >= 0.6 is 23.1 Å². The van der Waals surface area contributed by atoms with Gasteiger partial charge in [0, 0.05) is 24.4 Å². The number of hydrogen-bond acceptors (Lipinski definition) is 7. The van der Waals surface area contributed by atoms with Crippen LogP contribution in [0.5, 0.6) is 0 Å². The van der Waals surface area contributed by atoms with Gasteiger partial charge in [0.2, 0.25) is 11.8 Å². The molecule has 0 aliphatic carbocycles. The largest absolute Gasteiger partial charge is 0.461 e. The fraction of sp³-hybridized carbons (Fsp3) is 0.294. The summed E-state index contributed by atoms with van der Waals surface area (Å²) >= 11 is 2.93. The molecule has 0 unspecified atom stereocenters. The zero-order valence-corrected chi connectivity index (χ0v) is 16.1. The zero-order chi connectivity index (χ0) is 19.1. The van der Waals surface area contributed by atoms with E-state index in [9.17, 15) is 9.59 Å². The molecule has 142 valence electrons. The van der Waals surface area contributed by atoms with E-state index in [2.05, 4.69) is 15.5 Å². The summed E-state index contributed by atoms with van der Waals surface area (Å²) in [5.74, 6) is 0.745. The van der Waals surface area contributed by atoms with Crippen LogP contribution in [-0.2, 0) is 22.6 Å². The van der Waals surface area contributed by atoms with Gasteiger partial charge in [-0.05, 0) is 30.0 Å². The van der Waals surface area contributed by atoms with Crippen molar-refractivity contribution in [2.24, 2.45) is 5.73 Å². The van der Waals surface area contributed by atoms with Crippen LogP contribution < -0.4 is 11.1 Å². The maximum absolute atomic E-state index is 12.1. The molecule has 3 aromatic rings. The summed E-state index contributed by atoms with van der Waals surface area (Å²) in [6.07, 6.45) is 2.49. The van der Waals surface area contributed by atoms with Crippen molar-refractivity contribution in [2.45, 2.75) is 24.5 Å². The molecule has 0 aliphatic heterocycles. The Morgan fingerprint density at radius 3 is 2.89 bits per heavy atom. The molecule has 3 aromatic heterocycles. The Kier molecular flexibility index (Phi) is 6.66. The molecule has 2 amide bonds. The van der Waals surface area contributed by atoms with Crippen LogP contribution in [0, 0.1) is 0 Å². The lowest BCUT2D eigenvalue weighted by Gasteiger charge is -2.08. The molecule has 0 saturated heterocycles.